The highest BCUT2D eigenvalue weighted by atomic mass is 127. The number of nitrogens with zero attached hydrogens (tertiary/aromatic N) is 1. The first-order valence-corrected chi connectivity index (χ1v) is 6.84. The minimum absolute atomic E-state index is 0.0171. The summed E-state index contributed by atoms with van der Waals surface area (Å²) < 4.78 is 20.0. The molecule has 1 aromatic heterocycles. The van der Waals surface area contributed by atoms with Gasteiger partial charge in [0, 0.05) is 9.78 Å². The molecule has 0 bridgehead atoms. The van der Waals surface area contributed by atoms with E-state index in [1.165, 1.54) is 0 Å². The van der Waals surface area contributed by atoms with Gasteiger partial charge in [-0.1, -0.05) is 6.58 Å². The molecular weight excluding hydrogens is 402 g/mol. The summed E-state index contributed by atoms with van der Waals surface area (Å²) in [5.74, 6) is -3.31. The van der Waals surface area contributed by atoms with Crippen LogP contribution in [0.1, 0.15) is 11.8 Å². The molecule has 2 rings (SSSR count). The minimum Gasteiger partial charge on any atom is -0.394 e. The molecule has 0 unspecified atom stereocenters. The number of aromatic nitrogens is 2. The lowest BCUT2D eigenvalue weighted by atomic mass is 10.1. The van der Waals surface area contributed by atoms with Gasteiger partial charge in [0.05, 0.1) is 12.2 Å². The van der Waals surface area contributed by atoms with Gasteiger partial charge in [-0.25, -0.2) is 9.18 Å². The van der Waals surface area contributed by atoms with Gasteiger partial charge in [-0.3, -0.25) is 14.3 Å². The van der Waals surface area contributed by atoms with Crippen LogP contribution in [0.4, 0.5) is 4.39 Å². The molecule has 0 saturated carbocycles. The first-order chi connectivity index (χ1) is 9.70. The summed E-state index contributed by atoms with van der Waals surface area (Å²) in [5.41, 5.74) is -1.78. The summed E-state index contributed by atoms with van der Waals surface area (Å²) in [4.78, 5) is 25.3. The lowest BCUT2D eigenvalue weighted by molar-refractivity contribution is -0.197. The molecule has 1 saturated heterocycles. The van der Waals surface area contributed by atoms with Crippen LogP contribution in [0, 0.1) is 0 Å². The Bertz CT molecular complexity index is 684. The van der Waals surface area contributed by atoms with Crippen LogP contribution in [0.15, 0.2) is 22.4 Å². The highest BCUT2D eigenvalue weighted by Crippen LogP contribution is 2.38. The van der Waals surface area contributed by atoms with Gasteiger partial charge in [0.1, 0.15) is 12.2 Å². The third-order valence-corrected chi connectivity index (χ3v) is 3.69. The van der Waals surface area contributed by atoms with Crippen molar-refractivity contribution in [3.63, 3.8) is 0 Å². The second kappa shape index (κ2) is 5.61. The van der Waals surface area contributed by atoms with Crippen LogP contribution >= 0.6 is 22.6 Å². The average molecular weight is 414 g/mol. The van der Waals surface area contributed by atoms with Gasteiger partial charge in [-0.15, -0.1) is 0 Å². The molecule has 0 aliphatic carbocycles. The summed E-state index contributed by atoms with van der Waals surface area (Å²) in [6.45, 7) is 2.77. The smallest absolute Gasteiger partial charge is 0.330 e. The van der Waals surface area contributed by atoms with Crippen LogP contribution in [0.25, 0.3) is 3.58 Å². The van der Waals surface area contributed by atoms with Gasteiger partial charge < -0.3 is 20.1 Å². The number of aliphatic hydroxyl groups excluding tert-OH is 2. The van der Waals surface area contributed by atoms with Gasteiger partial charge >= 0.3 is 5.69 Å². The number of rotatable bonds is 3. The molecule has 4 atom stereocenters. The van der Waals surface area contributed by atoms with E-state index in [9.17, 15) is 24.2 Å². The van der Waals surface area contributed by atoms with Crippen molar-refractivity contribution in [3.8, 4) is 0 Å². The Balaban J connectivity index is 2.57. The normalized spacial score (nSPS) is 32.3. The molecule has 1 aromatic rings. The van der Waals surface area contributed by atoms with Crippen molar-refractivity contribution in [2.45, 2.75) is 24.3 Å². The Morgan fingerprint density at radius 2 is 2.24 bits per heavy atom. The van der Waals surface area contributed by atoms with E-state index < -0.39 is 42.1 Å². The highest BCUT2D eigenvalue weighted by molar-refractivity contribution is 14.1. The van der Waals surface area contributed by atoms with Gasteiger partial charge in [-0.05, 0) is 22.6 Å². The van der Waals surface area contributed by atoms with Crippen molar-refractivity contribution < 1.29 is 24.4 Å². The maximum Gasteiger partial charge on any atom is 0.330 e. The molecule has 8 nitrogen and oxygen atoms in total. The molecule has 1 aliphatic heterocycles. The molecule has 0 spiro atoms. The number of hydrogen-bond donors (Lipinski definition) is 4. The maximum absolute atomic E-state index is 14.2. The lowest BCUT2D eigenvalue weighted by Crippen LogP contribution is -2.46. The number of nitrogens with one attached hydrogen (secondary N) is 1. The van der Waals surface area contributed by atoms with E-state index in [0.29, 0.717) is 4.57 Å². The zero-order valence-corrected chi connectivity index (χ0v) is 12.7. The van der Waals surface area contributed by atoms with Crippen LogP contribution < -0.4 is 11.2 Å². The molecule has 0 amide bonds. The Kier molecular flexibility index (Phi) is 4.35. The fourth-order valence-corrected chi connectivity index (χ4v) is 2.38. The molecule has 1 aliphatic rings. The topological polar surface area (TPSA) is 125 Å². The number of H-pyrrole nitrogens is 1. The van der Waals surface area contributed by atoms with E-state index in [4.69, 9.17) is 9.84 Å². The number of halogens is 2. The molecular formula is C11H12FIN2O6. The molecule has 21 heavy (non-hydrogen) atoms. The summed E-state index contributed by atoms with van der Waals surface area (Å²) >= 11 is 1.73. The van der Waals surface area contributed by atoms with E-state index in [1.54, 1.807) is 22.6 Å². The summed E-state index contributed by atoms with van der Waals surface area (Å²) in [5, 5.41) is 28.2. The highest BCUT2D eigenvalue weighted by Gasteiger charge is 2.57. The monoisotopic (exact) mass is 414 g/mol. The van der Waals surface area contributed by atoms with E-state index >= 15 is 0 Å². The Morgan fingerprint density at radius 1 is 1.62 bits per heavy atom. The zero-order chi connectivity index (χ0) is 15.9. The Labute approximate surface area is 130 Å². The van der Waals surface area contributed by atoms with Crippen LogP contribution in [-0.2, 0) is 4.74 Å². The molecule has 0 aromatic carbocycles. The molecule has 0 radical (unpaired) electrons. The Hall–Kier alpha value is -1.08. The van der Waals surface area contributed by atoms with Crippen LogP contribution in [-0.4, -0.2) is 49.5 Å². The fraction of sp³-hybridized carbons (Fsp3) is 0.455. The van der Waals surface area contributed by atoms with Gasteiger partial charge in [0.15, 0.2) is 6.23 Å². The van der Waals surface area contributed by atoms with Gasteiger partial charge in [-0.2, -0.15) is 0 Å². The number of hydrogen-bond acceptors (Lipinski definition) is 6. The number of aromatic amines is 1. The van der Waals surface area contributed by atoms with Crippen molar-refractivity contribution in [1.82, 2.24) is 9.55 Å². The van der Waals surface area contributed by atoms with Crippen LogP contribution in [0.3, 0.4) is 0 Å². The zero-order valence-electron chi connectivity index (χ0n) is 10.5. The largest absolute Gasteiger partial charge is 0.394 e. The molecule has 10 heteroatoms. The predicted octanol–water partition coefficient (Wildman–Crippen LogP) is -1.15. The lowest BCUT2D eigenvalue weighted by Gasteiger charge is -2.23. The second-order valence-corrected chi connectivity index (χ2v) is 5.80. The van der Waals surface area contributed by atoms with Crippen LogP contribution in [0.5, 0.6) is 0 Å². The molecule has 1 fully saturated rings. The van der Waals surface area contributed by atoms with Crippen molar-refractivity contribution >= 4 is 26.2 Å². The maximum atomic E-state index is 14.2. The fourth-order valence-electron chi connectivity index (χ4n) is 2.00. The van der Waals surface area contributed by atoms with Gasteiger partial charge in [0.25, 0.3) is 11.4 Å². The van der Waals surface area contributed by atoms with E-state index in [0.717, 1.165) is 6.20 Å². The van der Waals surface area contributed by atoms with Crippen molar-refractivity contribution in [3.05, 3.63) is 39.2 Å². The number of ether oxygens (including phenoxy) is 1. The standard InChI is InChI=1S/C11H12FIN2O6/c1-4(13)5-2-15(10(19)14-8(5)18)9-11(12,20)7(17)6(3-16)21-9/h2,6-7,9,16-17,20H,1,3H2,(H,14,18,19)/t6-,7-,9-,11+/m1/s1. The second-order valence-electron chi connectivity index (χ2n) is 4.50. The molecule has 2 heterocycles. The van der Waals surface area contributed by atoms with E-state index in [2.05, 4.69) is 6.58 Å². The number of alkyl halides is 1. The van der Waals surface area contributed by atoms with Crippen molar-refractivity contribution in [1.29, 1.82) is 0 Å². The summed E-state index contributed by atoms with van der Waals surface area (Å²) in [7, 11) is 0. The minimum atomic E-state index is -3.31. The van der Waals surface area contributed by atoms with Crippen LogP contribution in [0.2, 0.25) is 0 Å². The molecule has 116 valence electrons. The number of aliphatic hydroxyl groups is 3. The third kappa shape index (κ3) is 2.68. The molecule has 4 N–H and O–H groups in total. The summed E-state index contributed by atoms with van der Waals surface area (Å²) in [6, 6.07) is 0. The van der Waals surface area contributed by atoms with Crippen molar-refractivity contribution in [2.75, 3.05) is 6.61 Å². The predicted molar refractivity (Wildman–Crippen MR) is 77.4 cm³/mol. The van der Waals surface area contributed by atoms with E-state index in [1.807, 2.05) is 4.98 Å². The first-order valence-electron chi connectivity index (χ1n) is 5.76. The first kappa shape index (κ1) is 16.3. The SMILES string of the molecule is C=C(I)c1cn([C@@H]2O[C@H](CO)[C@@H](O)[C@@]2(O)F)c(=O)[nH]c1=O. The Morgan fingerprint density at radius 3 is 2.71 bits per heavy atom. The quantitative estimate of drug-likeness (QED) is 0.464. The third-order valence-electron chi connectivity index (χ3n) is 3.11. The van der Waals surface area contributed by atoms with Crippen molar-refractivity contribution in [2.24, 2.45) is 0 Å². The van der Waals surface area contributed by atoms with Gasteiger partial charge in [0.2, 0.25) is 0 Å². The average Bonchev–Trinajstić information content (AvgIpc) is 2.61. The van der Waals surface area contributed by atoms with E-state index in [-0.39, 0.29) is 9.14 Å². The summed E-state index contributed by atoms with van der Waals surface area (Å²) in [6.07, 6.45) is -4.39.